The molecule has 8 N–H and O–H groups in total. The van der Waals surface area contributed by atoms with Crippen LogP contribution in [0.25, 0.3) is 0 Å². The molecule has 584 valence electrons. The van der Waals surface area contributed by atoms with E-state index in [1.165, 1.54) is 134 Å². The molecule has 0 unspecified atom stereocenters. The third kappa shape index (κ3) is 68.8. The zero-order valence-corrected chi connectivity index (χ0v) is 62.7. The van der Waals surface area contributed by atoms with Gasteiger partial charge in [0.15, 0.2) is 0 Å². The number of hydrogen-bond donors (Lipinski definition) is 6. The van der Waals surface area contributed by atoms with Gasteiger partial charge >= 0.3 is 11.9 Å². The van der Waals surface area contributed by atoms with Gasteiger partial charge in [-0.3, -0.25) is 28.8 Å². The van der Waals surface area contributed by atoms with Gasteiger partial charge in [0.05, 0.1) is 190 Å². The van der Waals surface area contributed by atoms with E-state index >= 15 is 0 Å². The first-order valence-corrected chi connectivity index (χ1v) is 38.9. The van der Waals surface area contributed by atoms with Crippen molar-refractivity contribution >= 4 is 47.3 Å². The molecule has 27 heteroatoms. The third-order valence-corrected chi connectivity index (χ3v) is 17.0. The summed E-state index contributed by atoms with van der Waals surface area (Å²) in [6, 6.07) is -2.27. The van der Waals surface area contributed by atoms with Crippen LogP contribution in [0.3, 0.4) is 0 Å². The van der Waals surface area contributed by atoms with E-state index in [9.17, 15) is 33.9 Å². The molecule has 0 aromatic rings. The molecule has 0 spiro atoms. The minimum atomic E-state index is -1.23. The number of nitrogens with one attached hydrogen (secondary N) is 3. The molecule has 0 aromatic carbocycles. The summed E-state index contributed by atoms with van der Waals surface area (Å²) in [6.07, 6.45) is 30.7. The highest BCUT2D eigenvalue weighted by Gasteiger charge is 2.26. The Morgan fingerprint density at radius 3 is 1.07 bits per heavy atom. The van der Waals surface area contributed by atoms with Gasteiger partial charge in [-0.15, -0.1) is 0 Å². The largest absolute Gasteiger partial charge is 0.461 e. The van der Waals surface area contributed by atoms with Crippen LogP contribution < -0.4 is 27.4 Å². The molecule has 0 bridgehead atoms. The molecular formula is C72H139N5O21S. The lowest BCUT2D eigenvalue weighted by molar-refractivity contribution is -0.162. The van der Waals surface area contributed by atoms with Crippen molar-refractivity contribution in [1.82, 2.24) is 16.0 Å². The van der Waals surface area contributed by atoms with Crippen LogP contribution in [0.1, 0.15) is 201 Å². The number of unbranched alkanes of at least 4 members (excludes halogenated alkanes) is 22. The highest BCUT2D eigenvalue weighted by atomic mass is 32.2. The molecule has 26 nitrogen and oxygen atoms in total. The van der Waals surface area contributed by atoms with Gasteiger partial charge in [-0.25, -0.2) is 0 Å². The van der Waals surface area contributed by atoms with E-state index in [1.54, 1.807) is 0 Å². The van der Waals surface area contributed by atoms with Gasteiger partial charge in [0.2, 0.25) is 23.6 Å². The molecular weight excluding hydrogens is 1300 g/mol. The van der Waals surface area contributed by atoms with Gasteiger partial charge < -0.3 is 98.8 Å². The van der Waals surface area contributed by atoms with Crippen LogP contribution in [0.15, 0.2) is 0 Å². The van der Waals surface area contributed by atoms with Crippen LogP contribution >= 0.6 is 11.8 Å². The number of nitrogens with two attached hydrogens (primary N) is 2. The molecule has 0 saturated heterocycles. The van der Waals surface area contributed by atoms with Gasteiger partial charge in [0.25, 0.3) is 0 Å². The number of aliphatic hydroxyl groups excluding tert-OH is 1. The second-order valence-corrected chi connectivity index (χ2v) is 25.9. The van der Waals surface area contributed by atoms with Crippen LogP contribution in [-0.4, -0.2) is 255 Å². The first-order chi connectivity index (χ1) is 48.4. The number of thioether (sulfide) groups is 1. The van der Waals surface area contributed by atoms with Gasteiger partial charge in [-0.1, -0.05) is 182 Å². The van der Waals surface area contributed by atoms with E-state index in [-0.39, 0.29) is 87.1 Å². The lowest BCUT2D eigenvalue weighted by atomic mass is 10.0. The number of carbonyl (C=O) groups is 6. The molecule has 0 aliphatic carbocycles. The van der Waals surface area contributed by atoms with Crippen molar-refractivity contribution in [2.45, 2.75) is 219 Å². The highest BCUT2D eigenvalue weighted by molar-refractivity contribution is 7.99. The van der Waals surface area contributed by atoms with Crippen LogP contribution in [0.4, 0.5) is 0 Å². The van der Waals surface area contributed by atoms with Gasteiger partial charge in [0, 0.05) is 24.5 Å². The fourth-order valence-electron chi connectivity index (χ4n) is 9.74. The molecule has 4 amide bonds. The lowest BCUT2D eigenvalue weighted by Gasteiger charge is -2.22. The van der Waals surface area contributed by atoms with Crippen LogP contribution in [0.2, 0.25) is 0 Å². The number of hydrogen-bond acceptors (Lipinski definition) is 23. The lowest BCUT2D eigenvalue weighted by Crippen LogP contribution is -2.54. The maximum absolute atomic E-state index is 13.4. The SMILES string of the molecule is CCCCCCCCCCCCCC[C@H](C)C(=O)OC[C@H](CSC[C@H](N)C(=O)N[C@@H](CO)C(=O)NCCOCCOCCOCCOCCOCCOCCOCCOCCOCCOCCOCCOCCC(=O)NCC(N)=O)OC(=O)[C@@H](C)CCCCCCCCCCCCCC. The van der Waals surface area contributed by atoms with Crippen molar-refractivity contribution in [2.75, 3.05) is 196 Å². The minimum absolute atomic E-state index is 0.100. The predicted octanol–water partition coefficient (Wildman–Crippen LogP) is 7.74. The van der Waals surface area contributed by atoms with Crippen LogP contribution in [0, 0.1) is 11.8 Å². The molecule has 99 heavy (non-hydrogen) atoms. The Morgan fingerprint density at radius 2 is 0.727 bits per heavy atom. The standard InChI is InChI=1S/C72H139N5O21S/c1-5-7-9-11-13-15-17-19-21-23-25-27-29-62(3)71(83)97-59-64(98-72(84)63(4)30-28-26-24-22-20-18-16-14-12-10-8-6-2)60-99-61-65(73)69(81)77-66(58-78)70(82)75-32-34-86-36-38-88-40-42-90-44-46-92-48-50-94-52-54-96-56-55-95-53-51-93-49-47-91-45-43-89-41-39-87-37-35-85-33-31-68(80)76-57-67(74)79/h62-66,78H,5-61,73H2,1-4H3,(H2,74,79)(H,75,82)(H,76,80)(H,77,81)/t62-,63-,64+,65-,66-/m0/s1. The topological polar surface area (TPSA) is 340 Å². The fourth-order valence-corrected chi connectivity index (χ4v) is 10.7. The second-order valence-electron chi connectivity index (χ2n) is 24.9. The minimum Gasteiger partial charge on any atom is -0.461 e. The van der Waals surface area contributed by atoms with Crippen molar-refractivity contribution in [3.05, 3.63) is 0 Å². The van der Waals surface area contributed by atoms with Crippen molar-refractivity contribution < 1.29 is 100 Å². The molecule has 0 saturated carbocycles. The summed E-state index contributed by atoms with van der Waals surface area (Å²) in [5.41, 5.74) is 11.2. The molecule has 0 aliphatic rings. The molecule has 0 fully saturated rings. The maximum atomic E-state index is 13.4. The van der Waals surface area contributed by atoms with E-state index in [0.29, 0.717) is 145 Å². The Morgan fingerprint density at radius 1 is 0.404 bits per heavy atom. The Balaban J connectivity index is 4.15. The fraction of sp³-hybridized carbons (Fsp3) is 0.917. The van der Waals surface area contributed by atoms with Crippen molar-refractivity contribution in [3.8, 4) is 0 Å². The Kier molecular flexibility index (Phi) is 73.2. The number of primary amides is 1. The second kappa shape index (κ2) is 75.8. The Labute approximate surface area is 599 Å². The number of rotatable bonds is 80. The smallest absolute Gasteiger partial charge is 0.309 e. The van der Waals surface area contributed by atoms with Crippen LogP contribution in [-0.2, 0) is 95.1 Å². The molecule has 0 aliphatic heterocycles. The van der Waals surface area contributed by atoms with E-state index < -0.39 is 42.5 Å². The first kappa shape index (κ1) is 95.6. The van der Waals surface area contributed by atoms with Gasteiger partial charge in [-0.05, 0) is 12.8 Å². The highest BCUT2D eigenvalue weighted by Crippen LogP contribution is 2.20. The number of ether oxygens (including phenoxy) is 14. The van der Waals surface area contributed by atoms with Gasteiger partial charge in [-0.2, -0.15) is 11.8 Å². The number of carbonyl (C=O) groups excluding carboxylic acids is 6. The number of amides is 4. The quantitative estimate of drug-likeness (QED) is 0.0250. The average molecular weight is 1440 g/mol. The van der Waals surface area contributed by atoms with Crippen molar-refractivity contribution in [1.29, 1.82) is 0 Å². The predicted molar refractivity (Wildman–Crippen MR) is 385 cm³/mol. The van der Waals surface area contributed by atoms with Gasteiger partial charge in [0.1, 0.15) is 18.8 Å². The molecule has 0 radical (unpaired) electrons. The third-order valence-electron chi connectivity index (χ3n) is 15.8. The molecule has 0 aromatic heterocycles. The van der Waals surface area contributed by atoms with Crippen LogP contribution in [0.5, 0.6) is 0 Å². The van der Waals surface area contributed by atoms with E-state index in [1.807, 2.05) is 13.8 Å². The number of aliphatic hydroxyl groups is 1. The van der Waals surface area contributed by atoms with E-state index in [2.05, 4.69) is 29.8 Å². The Hall–Kier alpha value is -3.39. The summed E-state index contributed by atoms with van der Waals surface area (Å²) in [5, 5.41) is 17.5. The monoisotopic (exact) mass is 1440 g/mol. The summed E-state index contributed by atoms with van der Waals surface area (Å²) in [6.45, 7) is 16.9. The van der Waals surface area contributed by atoms with Crippen molar-refractivity contribution in [3.63, 3.8) is 0 Å². The van der Waals surface area contributed by atoms with Crippen molar-refractivity contribution in [2.24, 2.45) is 23.3 Å². The van der Waals surface area contributed by atoms with E-state index in [0.717, 1.165) is 38.5 Å². The molecule has 0 heterocycles. The Bertz CT molecular complexity index is 1840. The zero-order valence-electron chi connectivity index (χ0n) is 61.9. The first-order valence-electron chi connectivity index (χ1n) is 37.7. The summed E-state index contributed by atoms with van der Waals surface area (Å²) < 4.78 is 77.6. The summed E-state index contributed by atoms with van der Waals surface area (Å²) in [4.78, 5) is 74.6. The summed E-state index contributed by atoms with van der Waals surface area (Å²) >= 11 is 1.28. The summed E-state index contributed by atoms with van der Waals surface area (Å²) in [7, 11) is 0. The number of esters is 2. The molecule has 0 rings (SSSR count). The normalized spacial score (nSPS) is 13.0. The zero-order chi connectivity index (χ0) is 72.4. The molecule has 5 atom stereocenters. The average Bonchev–Trinajstić information content (AvgIpc) is 1.34. The maximum Gasteiger partial charge on any atom is 0.309 e. The van der Waals surface area contributed by atoms with E-state index in [4.69, 9.17) is 77.8 Å². The summed E-state index contributed by atoms with van der Waals surface area (Å²) in [5.74, 6) is -3.01.